The number of carbonyl (C=O) groups is 1. The van der Waals surface area contributed by atoms with E-state index in [1.165, 1.54) is 11.3 Å². The van der Waals surface area contributed by atoms with Crippen LogP contribution in [0.2, 0.25) is 0 Å². The van der Waals surface area contributed by atoms with Gasteiger partial charge in [-0.15, -0.1) is 0 Å². The maximum Gasteiger partial charge on any atom is 0.333 e. The molecule has 0 aliphatic rings. The van der Waals surface area contributed by atoms with Crippen molar-refractivity contribution in [3.63, 3.8) is 0 Å². The van der Waals surface area contributed by atoms with Crippen LogP contribution >= 0.6 is 18.9 Å². The van der Waals surface area contributed by atoms with E-state index in [9.17, 15) is 14.3 Å². The predicted octanol–water partition coefficient (Wildman–Crippen LogP) is 4.23. The zero-order valence-corrected chi connectivity index (χ0v) is 14.4. The molecule has 0 bridgehead atoms. The number of hydrogen-bond donors (Lipinski definition) is 2. The standard InChI is InChI=1S/C16H19O5PS/c1-16(9-7-15(17)18,14-8-10-23-12-14)21-22(19,20)11-13-5-3-2-4-6-13/h2-6,8,10,12H,7,9,11H2,1H3,(H,17,18)(H,19,20). The van der Waals surface area contributed by atoms with E-state index in [2.05, 4.69) is 0 Å². The molecule has 124 valence electrons. The zero-order chi connectivity index (χ0) is 16.9. The van der Waals surface area contributed by atoms with Crippen LogP contribution in [0.15, 0.2) is 47.2 Å². The highest BCUT2D eigenvalue weighted by Gasteiger charge is 2.36. The molecule has 2 N–H and O–H groups in total. The lowest BCUT2D eigenvalue weighted by Crippen LogP contribution is -2.25. The predicted molar refractivity (Wildman–Crippen MR) is 89.6 cm³/mol. The van der Waals surface area contributed by atoms with Gasteiger partial charge in [-0.3, -0.25) is 13.9 Å². The Balaban J connectivity index is 2.19. The summed E-state index contributed by atoms with van der Waals surface area (Å²) in [6.45, 7) is 1.66. The first-order valence-corrected chi connectivity index (χ1v) is 9.82. The molecule has 0 saturated carbocycles. The second-order valence-electron chi connectivity index (χ2n) is 5.51. The Morgan fingerprint density at radius 3 is 2.57 bits per heavy atom. The smallest absolute Gasteiger partial charge is 0.333 e. The molecule has 0 amide bonds. The fraction of sp³-hybridized carbons (Fsp3) is 0.312. The molecular weight excluding hydrogens is 335 g/mol. The molecule has 1 aromatic carbocycles. The monoisotopic (exact) mass is 354 g/mol. The van der Waals surface area contributed by atoms with Gasteiger partial charge >= 0.3 is 13.6 Å². The van der Waals surface area contributed by atoms with Crippen LogP contribution in [-0.2, 0) is 25.6 Å². The van der Waals surface area contributed by atoms with Crippen molar-refractivity contribution in [1.29, 1.82) is 0 Å². The number of rotatable bonds is 8. The molecule has 23 heavy (non-hydrogen) atoms. The van der Waals surface area contributed by atoms with Gasteiger partial charge in [0.1, 0.15) is 5.60 Å². The molecule has 2 rings (SSSR count). The number of thiophene rings is 1. The first-order chi connectivity index (χ1) is 10.8. The summed E-state index contributed by atoms with van der Waals surface area (Å²) in [5.41, 5.74) is 0.299. The van der Waals surface area contributed by atoms with Gasteiger partial charge < -0.3 is 10.00 Å². The van der Waals surface area contributed by atoms with Crippen LogP contribution < -0.4 is 0 Å². The molecule has 1 aromatic heterocycles. The minimum absolute atomic E-state index is 0.110. The van der Waals surface area contributed by atoms with E-state index in [0.29, 0.717) is 11.1 Å². The molecule has 7 heteroatoms. The first kappa shape index (κ1) is 17.9. The maximum atomic E-state index is 12.5. The number of carboxylic acid groups (broad SMARTS) is 1. The highest BCUT2D eigenvalue weighted by Crippen LogP contribution is 2.53. The lowest BCUT2D eigenvalue weighted by Gasteiger charge is -2.31. The normalized spacial score (nSPS) is 16.4. The van der Waals surface area contributed by atoms with Gasteiger partial charge in [0, 0.05) is 6.42 Å². The van der Waals surface area contributed by atoms with Crippen molar-refractivity contribution in [3.05, 3.63) is 58.3 Å². The molecule has 2 atom stereocenters. The summed E-state index contributed by atoms with van der Waals surface area (Å²) >= 11 is 1.43. The topological polar surface area (TPSA) is 83.8 Å². The molecule has 0 radical (unpaired) electrons. The van der Waals surface area contributed by atoms with E-state index in [1.54, 1.807) is 37.3 Å². The third-order valence-electron chi connectivity index (χ3n) is 3.52. The fourth-order valence-corrected chi connectivity index (χ4v) is 4.66. The summed E-state index contributed by atoms with van der Waals surface area (Å²) in [6, 6.07) is 10.7. The van der Waals surface area contributed by atoms with Gasteiger partial charge in [-0.25, -0.2) is 0 Å². The molecule has 5 nitrogen and oxygen atoms in total. The molecule has 0 fully saturated rings. The average molecular weight is 354 g/mol. The van der Waals surface area contributed by atoms with Crippen LogP contribution in [-0.4, -0.2) is 16.0 Å². The van der Waals surface area contributed by atoms with Crippen molar-refractivity contribution in [2.24, 2.45) is 0 Å². The van der Waals surface area contributed by atoms with E-state index in [0.717, 1.165) is 0 Å². The van der Waals surface area contributed by atoms with Crippen molar-refractivity contribution < 1.29 is 23.9 Å². The van der Waals surface area contributed by atoms with Crippen molar-refractivity contribution in [2.75, 3.05) is 0 Å². The number of benzene rings is 1. The highest BCUT2D eigenvalue weighted by molar-refractivity contribution is 7.52. The Labute approximate surface area is 139 Å². The van der Waals surface area contributed by atoms with Gasteiger partial charge in [-0.05, 0) is 41.3 Å². The third kappa shape index (κ3) is 5.29. The summed E-state index contributed by atoms with van der Waals surface area (Å²) in [6.07, 6.45) is -0.128. The van der Waals surface area contributed by atoms with Crippen LogP contribution in [0.4, 0.5) is 0 Å². The van der Waals surface area contributed by atoms with E-state index in [-0.39, 0.29) is 19.0 Å². The minimum Gasteiger partial charge on any atom is -0.481 e. The molecule has 0 aliphatic heterocycles. The van der Waals surface area contributed by atoms with Crippen molar-refractivity contribution in [3.8, 4) is 0 Å². The van der Waals surface area contributed by atoms with Crippen LogP contribution in [0.1, 0.15) is 30.9 Å². The largest absolute Gasteiger partial charge is 0.481 e. The summed E-state index contributed by atoms with van der Waals surface area (Å²) in [5, 5.41) is 12.6. The second kappa shape index (κ2) is 7.41. The molecular formula is C16H19O5PS. The van der Waals surface area contributed by atoms with Crippen LogP contribution in [0.3, 0.4) is 0 Å². The van der Waals surface area contributed by atoms with Gasteiger partial charge in [0.05, 0.1) is 6.16 Å². The third-order valence-corrected chi connectivity index (χ3v) is 5.65. The lowest BCUT2D eigenvalue weighted by molar-refractivity contribution is -0.138. The van der Waals surface area contributed by atoms with Crippen molar-refractivity contribution in [1.82, 2.24) is 0 Å². The van der Waals surface area contributed by atoms with Crippen molar-refractivity contribution >= 4 is 24.9 Å². The Morgan fingerprint density at radius 2 is 2.00 bits per heavy atom. The number of aliphatic carboxylic acids is 1. The van der Waals surface area contributed by atoms with Gasteiger partial charge in [0.25, 0.3) is 0 Å². The van der Waals surface area contributed by atoms with Gasteiger partial charge in [-0.2, -0.15) is 11.3 Å². The van der Waals surface area contributed by atoms with Gasteiger partial charge in [-0.1, -0.05) is 30.3 Å². The number of carboxylic acids is 1. The maximum absolute atomic E-state index is 12.5. The summed E-state index contributed by atoms with van der Waals surface area (Å²) < 4.78 is 18.1. The van der Waals surface area contributed by atoms with E-state index >= 15 is 0 Å². The quantitative estimate of drug-likeness (QED) is 0.693. The summed E-state index contributed by atoms with van der Waals surface area (Å²) in [7, 11) is -3.93. The Hall–Kier alpha value is -1.46. The Morgan fingerprint density at radius 1 is 1.30 bits per heavy atom. The Kier molecular flexibility index (Phi) is 5.76. The summed E-state index contributed by atoms with van der Waals surface area (Å²) in [5.74, 6) is -0.967. The lowest BCUT2D eigenvalue weighted by atomic mass is 9.94. The zero-order valence-electron chi connectivity index (χ0n) is 12.7. The molecule has 2 unspecified atom stereocenters. The average Bonchev–Trinajstić information content (AvgIpc) is 3.00. The van der Waals surface area contributed by atoms with E-state index in [1.807, 2.05) is 16.8 Å². The van der Waals surface area contributed by atoms with Crippen LogP contribution in [0.5, 0.6) is 0 Å². The molecule has 2 aromatic rings. The van der Waals surface area contributed by atoms with E-state index in [4.69, 9.17) is 9.63 Å². The molecule has 0 spiro atoms. The van der Waals surface area contributed by atoms with Crippen LogP contribution in [0, 0.1) is 0 Å². The molecule has 1 heterocycles. The first-order valence-electron chi connectivity index (χ1n) is 7.12. The minimum atomic E-state index is -3.93. The van der Waals surface area contributed by atoms with E-state index < -0.39 is 19.2 Å². The SMILES string of the molecule is CC(CCC(=O)O)(OP(=O)(O)Cc1ccccc1)c1ccsc1. The fourth-order valence-electron chi connectivity index (χ4n) is 2.31. The highest BCUT2D eigenvalue weighted by atomic mass is 32.1. The van der Waals surface area contributed by atoms with Gasteiger partial charge in [0.2, 0.25) is 0 Å². The second-order valence-corrected chi connectivity index (χ2v) is 8.06. The Bertz CT molecular complexity index is 686. The van der Waals surface area contributed by atoms with Crippen molar-refractivity contribution in [2.45, 2.75) is 31.5 Å². The van der Waals surface area contributed by atoms with Gasteiger partial charge in [0.15, 0.2) is 0 Å². The van der Waals surface area contributed by atoms with Crippen LogP contribution in [0.25, 0.3) is 0 Å². The molecule has 0 aliphatic carbocycles. The molecule has 0 saturated heterocycles. The number of hydrogen-bond acceptors (Lipinski definition) is 4. The summed E-state index contributed by atoms with van der Waals surface area (Å²) in [4.78, 5) is 21.1.